The van der Waals surface area contributed by atoms with Crippen LogP contribution in [-0.2, 0) is 4.74 Å². The van der Waals surface area contributed by atoms with E-state index in [-0.39, 0.29) is 12.1 Å². The molecule has 0 fully saturated rings. The second-order valence-corrected chi connectivity index (χ2v) is 5.51. The van der Waals surface area contributed by atoms with Crippen molar-refractivity contribution >= 4 is 0 Å². The Morgan fingerprint density at radius 2 is 1.60 bits per heavy atom. The predicted octanol–water partition coefficient (Wildman–Crippen LogP) is 4.84. The summed E-state index contributed by atoms with van der Waals surface area (Å²) in [5.41, 5.74) is 7.55. The van der Waals surface area contributed by atoms with E-state index in [1.165, 1.54) is 44.1 Å². The molecule has 1 aromatic carbocycles. The summed E-state index contributed by atoms with van der Waals surface area (Å²) in [4.78, 5) is 0. The molecule has 2 nitrogen and oxygen atoms in total. The van der Waals surface area contributed by atoms with Gasteiger partial charge in [0.25, 0.3) is 0 Å². The van der Waals surface area contributed by atoms with Crippen molar-refractivity contribution in [2.24, 2.45) is 5.73 Å². The van der Waals surface area contributed by atoms with Crippen molar-refractivity contribution in [3.63, 3.8) is 0 Å². The number of nitrogens with two attached hydrogens (primary N) is 1. The molecule has 0 radical (unpaired) electrons. The first-order valence-electron chi connectivity index (χ1n) is 8.21. The van der Waals surface area contributed by atoms with Crippen molar-refractivity contribution in [2.45, 2.75) is 70.9 Å². The molecule has 20 heavy (non-hydrogen) atoms. The second-order valence-electron chi connectivity index (χ2n) is 5.51. The van der Waals surface area contributed by atoms with Crippen molar-refractivity contribution in [2.75, 3.05) is 6.61 Å². The van der Waals surface area contributed by atoms with Gasteiger partial charge >= 0.3 is 0 Å². The van der Waals surface area contributed by atoms with Gasteiger partial charge in [0, 0.05) is 12.6 Å². The Kier molecular flexibility index (Phi) is 9.35. The minimum Gasteiger partial charge on any atom is -0.372 e. The van der Waals surface area contributed by atoms with Crippen molar-refractivity contribution in [1.82, 2.24) is 0 Å². The summed E-state index contributed by atoms with van der Waals surface area (Å²) in [6.07, 6.45) is 8.95. The largest absolute Gasteiger partial charge is 0.372 e. The van der Waals surface area contributed by atoms with Crippen LogP contribution in [-0.4, -0.2) is 12.6 Å². The normalized spacial score (nSPS) is 14.2. The molecule has 2 unspecified atom stereocenters. The smallest absolute Gasteiger partial charge is 0.0975 e. The third kappa shape index (κ3) is 6.53. The van der Waals surface area contributed by atoms with Crippen molar-refractivity contribution < 1.29 is 4.74 Å². The Morgan fingerprint density at radius 1 is 0.950 bits per heavy atom. The van der Waals surface area contributed by atoms with Gasteiger partial charge in [-0.25, -0.2) is 0 Å². The van der Waals surface area contributed by atoms with Gasteiger partial charge in [0.15, 0.2) is 0 Å². The highest BCUT2D eigenvalue weighted by Crippen LogP contribution is 2.23. The monoisotopic (exact) mass is 277 g/mol. The summed E-state index contributed by atoms with van der Waals surface area (Å²) in [5, 5.41) is 0. The topological polar surface area (TPSA) is 35.2 Å². The maximum Gasteiger partial charge on any atom is 0.0975 e. The molecular formula is C18H31NO. The van der Waals surface area contributed by atoms with Gasteiger partial charge < -0.3 is 10.5 Å². The Morgan fingerprint density at radius 3 is 2.25 bits per heavy atom. The summed E-state index contributed by atoms with van der Waals surface area (Å²) in [6, 6.07) is 10.5. The average Bonchev–Trinajstić information content (AvgIpc) is 2.49. The summed E-state index contributed by atoms with van der Waals surface area (Å²) >= 11 is 0. The molecule has 2 atom stereocenters. The zero-order valence-electron chi connectivity index (χ0n) is 13.2. The lowest BCUT2D eigenvalue weighted by molar-refractivity contribution is 0.0406. The molecule has 0 bridgehead atoms. The van der Waals surface area contributed by atoms with Crippen LogP contribution in [0.5, 0.6) is 0 Å². The highest BCUT2D eigenvalue weighted by Gasteiger charge is 2.19. The van der Waals surface area contributed by atoms with Gasteiger partial charge in [0.1, 0.15) is 0 Å². The van der Waals surface area contributed by atoms with E-state index in [0.717, 1.165) is 6.42 Å². The molecule has 114 valence electrons. The SMILES string of the molecule is CCCCCCCCC(N)C(OCC)c1ccccc1. The molecule has 0 saturated carbocycles. The van der Waals surface area contributed by atoms with E-state index < -0.39 is 0 Å². The first kappa shape index (κ1) is 17.2. The van der Waals surface area contributed by atoms with Crippen LogP contribution >= 0.6 is 0 Å². The van der Waals surface area contributed by atoms with Crippen LogP contribution in [0.1, 0.15) is 70.5 Å². The van der Waals surface area contributed by atoms with Crippen molar-refractivity contribution in [3.05, 3.63) is 35.9 Å². The van der Waals surface area contributed by atoms with Crippen molar-refractivity contribution in [3.8, 4) is 0 Å². The van der Waals surface area contributed by atoms with Gasteiger partial charge in [-0.3, -0.25) is 0 Å². The predicted molar refractivity (Wildman–Crippen MR) is 86.8 cm³/mol. The highest BCUT2D eigenvalue weighted by atomic mass is 16.5. The molecule has 0 saturated heterocycles. The lowest BCUT2D eigenvalue weighted by Crippen LogP contribution is -2.30. The molecule has 0 aliphatic rings. The fourth-order valence-corrected chi connectivity index (χ4v) is 2.60. The van der Waals surface area contributed by atoms with E-state index in [2.05, 4.69) is 31.2 Å². The quantitative estimate of drug-likeness (QED) is 0.587. The Bertz CT molecular complexity index is 325. The zero-order chi connectivity index (χ0) is 14.6. The molecule has 0 aromatic heterocycles. The molecule has 0 heterocycles. The molecule has 0 spiro atoms. The first-order chi connectivity index (χ1) is 9.79. The minimum absolute atomic E-state index is 0.0387. The zero-order valence-corrected chi connectivity index (χ0v) is 13.2. The number of hydrogen-bond donors (Lipinski definition) is 1. The molecule has 1 aromatic rings. The lowest BCUT2D eigenvalue weighted by Gasteiger charge is -2.24. The fraction of sp³-hybridized carbons (Fsp3) is 0.667. The Balaban J connectivity index is 2.35. The molecule has 0 aliphatic heterocycles. The van der Waals surface area contributed by atoms with Crippen molar-refractivity contribution in [1.29, 1.82) is 0 Å². The van der Waals surface area contributed by atoms with Crippen LogP contribution in [0.15, 0.2) is 30.3 Å². The maximum atomic E-state index is 6.35. The van der Waals surface area contributed by atoms with Gasteiger partial charge in [0.2, 0.25) is 0 Å². The van der Waals surface area contributed by atoms with Gasteiger partial charge in [0.05, 0.1) is 6.10 Å². The van der Waals surface area contributed by atoms with E-state index in [1.54, 1.807) is 0 Å². The minimum atomic E-state index is 0.0387. The van der Waals surface area contributed by atoms with E-state index in [1.807, 2.05) is 13.0 Å². The number of unbranched alkanes of at least 4 members (excludes halogenated alkanes) is 5. The highest BCUT2D eigenvalue weighted by molar-refractivity contribution is 5.19. The third-order valence-electron chi connectivity index (χ3n) is 3.75. The summed E-state index contributed by atoms with van der Waals surface area (Å²) < 4.78 is 5.86. The first-order valence-corrected chi connectivity index (χ1v) is 8.21. The van der Waals surface area contributed by atoms with Gasteiger partial charge in [-0.1, -0.05) is 75.8 Å². The molecular weight excluding hydrogens is 246 g/mol. The van der Waals surface area contributed by atoms with E-state index >= 15 is 0 Å². The van der Waals surface area contributed by atoms with Crippen LogP contribution in [0.25, 0.3) is 0 Å². The van der Waals surface area contributed by atoms with Crippen LogP contribution in [0, 0.1) is 0 Å². The second kappa shape index (κ2) is 10.9. The molecule has 0 aliphatic carbocycles. The van der Waals surface area contributed by atoms with Gasteiger partial charge in [-0.15, -0.1) is 0 Å². The Hall–Kier alpha value is -0.860. The van der Waals surface area contributed by atoms with Gasteiger partial charge in [-0.05, 0) is 18.9 Å². The molecule has 2 N–H and O–H groups in total. The summed E-state index contributed by atoms with van der Waals surface area (Å²) in [6.45, 7) is 5.00. The van der Waals surface area contributed by atoms with Crippen LogP contribution in [0.4, 0.5) is 0 Å². The molecule has 0 amide bonds. The van der Waals surface area contributed by atoms with E-state index in [9.17, 15) is 0 Å². The fourth-order valence-electron chi connectivity index (χ4n) is 2.60. The van der Waals surface area contributed by atoms with Crippen LogP contribution in [0.2, 0.25) is 0 Å². The van der Waals surface area contributed by atoms with E-state index in [0.29, 0.717) is 6.61 Å². The average molecular weight is 277 g/mol. The maximum absolute atomic E-state index is 6.35. The molecule has 2 heteroatoms. The Labute approximate surface area is 124 Å². The van der Waals surface area contributed by atoms with E-state index in [4.69, 9.17) is 10.5 Å². The summed E-state index contributed by atoms with van der Waals surface area (Å²) in [7, 11) is 0. The van der Waals surface area contributed by atoms with Crippen LogP contribution in [0.3, 0.4) is 0 Å². The standard InChI is InChI=1S/C18H31NO/c1-3-5-6-7-8-12-15-17(19)18(20-4-2)16-13-10-9-11-14-16/h9-11,13-14,17-18H,3-8,12,15,19H2,1-2H3. The number of ether oxygens (including phenoxy) is 1. The number of benzene rings is 1. The lowest BCUT2D eigenvalue weighted by atomic mass is 9.97. The number of rotatable bonds is 11. The number of hydrogen-bond acceptors (Lipinski definition) is 2. The third-order valence-corrected chi connectivity index (χ3v) is 3.75. The van der Waals surface area contributed by atoms with Crippen LogP contribution < -0.4 is 5.73 Å². The summed E-state index contributed by atoms with van der Waals surface area (Å²) in [5.74, 6) is 0. The molecule has 1 rings (SSSR count). The van der Waals surface area contributed by atoms with Gasteiger partial charge in [-0.2, -0.15) is 0 Å².